The summed E-state index contributed by atoms with van der Waals surface area (Å²) in [5, 5.41) is 9.26. The van der Waals surface area contributed by atoms with E-state index in [1.54, 1.807) is 0 Å². The molecule has 0 radical (unpaired) electrons. The van der Waals surface area contributed by atoms with Crippen LogP contribution in [0.1, 0.15) is 33.6 Å². The molecule has 2 aliphatic rings. The quantitative estimate of drug-likeness (QED) is 0.694. The molecule has 4 heteroatoms. The normalized spacial score (nSPS) is 41.5. The minimum Gasteiger partial charge on any atom is -0.372 e. The van der Waals surface area contributed by atoms with Crippen molar-refractivity contribution in [3.63, 3.8) is 0 Å². The summed E-state index contributed by atoms with van der Waals surface area (Å²) in [6, 6.07) is 2.24. The minimum absolute atomic E-state index is 0.0140. The van der Waals surface area contributed by atoms with Gasteiger partial charge in [0.05, 0.1) is 18.3 Å². The standard InChI is InChI=1S/C13H20N2O2/c1-9-4-13(5-9,8-14)12(16)15-6-10(2)17-11(3)7-15/h9-11H,4-7H2,1-3H3. The van der Waals surface area contributed by atoms with Crippen LogP contribution in [0, 0.1) is 22.7 Å². The third-order valence-corrected chi connectivity index (χ3v) is 3.72. The summed E-state index contributed by atoms with van der Waals surface area (Å²) in [5.41, 5.74) is -0.740. The van der Waals surface area contributed by atoms with Crippen molar-refractivity contribution in [2.45, 2.75) is 45.8 Å². The fourth-order valence-corrected chi connectivity index (χ4v) is 3.09. The van der Waals surface area contributed by atoms with Crippen LogP contribution in [0.5, 0.6) is 0 Å². The first-order valence-electron chi connectivity index (χ1n) is 6.33. The Balaban J connectivity index is 2.07. The van der Waals surface area contributed by atoms with Crippen molar-refractivity contribution in [1.82, 2.24) is 4.90 Å². The Labute approximate surface area is 103 Å². The van der Waals surface area contributed by atoms with Gasteiger partial charge in [0.15, 0.2) is 0 Å². The molecule has 1 heterocycles. The molecule has 2 atom stereocenters. The van der Waals surface area contributed by atoms with Gasteiger partial charge >= 0.3 is 0 Å². The third kappa shape index (κ3) is 2.16. The molecule has 0 N–H and O–H groups in total. The predicted octanol–water partition coefficient (Wildman–Crippen LogP) is 1.56. The summed E-state index contributed by atoms with van der Waals surface area (Å²) in [4.78, 5) is 14.2. The van der Waals surface area contributed by atoms with E-state index in [0.29, 0.717) is 31.8 Å². The lowest BCUT2D eigenvalue weighted by molar-refractivity contribution is -0.156. The van der Waals surface area contributed by atoms with E-state index in [2.05, 4.69) is 13.0 Å². The van der Waals surface area contributed by atoms with Gasteiger partial charge in [-0.15, -0.1) is 0 Å². The zero-order valence-electron chi connectivity index (χ0n) is 10.8. The van der Waals surface area contributed by atoms with Gasteiger partial charge in [0.25, 0.3) is 0 Å². The van der Waals surface area contributed by atoms with Crippen LogP contribution in [-0.4, -0.2) is 36.1 Å². The largest absolute Gasteiger partial charge is 0.372 e. The predicted molar refractivity (Wildman–Crippen MR) is 63.0 cm³/mol. The molecule has 0 aromatic heterocycles. The maximum Gasteiger partial charge on any atom is 0.243 e. The van der Waals surface area contributed by atoms with Crippen molar-refractivity contribution >= 4 is 5.91 Å². The number of nitriles is 1. The van der Waals surface area contributed by atoms with Gasteiger partial charge in [-0.2, -0.15) is 5.26 Å². The first-order valence-corrected chi connectivity index (χ1v) is 6.33. The Morgan fingerprint density at radius 1 is 1.29 bits per heavy atom. The highest BCUT2D eigenvalue weighted by Crippen LogP contribution is 2.46. The van der Waals surface area contributed by atoms with Crippen molar-refractivity contribution < 1.29 is 9.53 Å². The highest BCUT2D eigenvalue weighted by Gasteiger charge is 2.51. The van der Waals surface area contributed by atoms with E-state index in [1.165, 1.54) is 0 Å². The molecule has 2 rings (SSSR count). The molecule has 1 amide bonds. The number of ether oxygens (including phenoxy) is 1. The number of carbonyl (C=O) groups is 1. The van der Waals surface area contributed by atoms with E-state index in [4.69, 9.17) is 4.74 Å². The van der Waals surface area contributed by atoms with E-state index >= 15 is 0 Å². The molecule has 2 fully saturated rings. The van der Waals surface area contributed by atoms with Crippen LogP contribution in [0.3, 0.4) is 0 Å². The molecule has 0 aromatic rings. The van der Waals surface area contributed by atoms with Gasteiger partial charge < -0.3 is 9.64 Å². The first kappa shape index (κ1) is 12.4. The van der Waals surface area contributed by atoms with E-state index in [0.717, 1.165) is 0 Å². The smallest absolute Gasteiger partial charge is 0.243 e. The van der Waals surface area contributed by atoms with Crippen LogP contribution in [-0.2, 0) is 9.53 Å². The molecule has 0 spiro atoms. The molecule has 2 unspecified atom stereocenters. The van der Waals surface area contributed by atoms with Crippen LogP contribution in [0.25, 0.3) is 0 Å². The number of amides is 1. The summed E-state index contributed by atoms with van der Waals surface area (Å²) in [7, 11) is 0. The topological polar surface area (TPSA) is 53.3 Å². The molecule has 1 aliphatic heterocycles. The summed E-state index contributed by atoms with van der Waals surface area (Å²) in [6.45, 7) is 7.26. The fraction of sp³-hybridized carbons (Fsp3) is 0.846. The lowest BCUT2D eigenvalue weighted by atomic mass is 9.62. The molecular weight excluding hydrogens is 216 g/mol. The lowest BCUT2D eigenvalue weighted by Crippen LogP contribution is -2.56. The average Bonchev–Trinajstić information content (AvgIpc) is 2.22. The second-order valence-corrected chi connectivity index (χ2v) is 5.67. The summed E-state index contributed by atoms with van der Waals surface area (Å²) < 4.78 is 5.61. The van der Waals surface area contributed by atoms with Gasteiger partial charge in [-0.3, -0.25) is 4.79 Å². The SMILES string of the molecule is CC1CC(C#N)(C(=O)N2CC(C)OC(C)C2)C1. The van der Waals surface area contributed by atoms with Crippen molar-refractivity contribution in [3.05, 3.63) is 0 Å². The van der Waals surface area contributed by atoms with Crippen LogP contribution in [0.4, 0.5) is 0 Å². The Morgan fingerprint density at radius 3 is 2.24 bits per heavy atom. The molecule has 17 heavy (non-hydrogen) atoms. The third-order valence-electron chi connectivity index (χ3n) is 3.72. The Morgan fingerprint density at radius 2 is 1.82 bits per heavy atom. The van der Waals surface area contributed by atoms with Crippen molar-refractivity contribution in [1.29, 1.82) is 5.26 Å². The molecule has 1 saturated carbocycles. The van der Waals surface area contributed by atoms with Crippen LogP contribution >= 0.6 is 0 Å². The molecule has 1 saturated heterocycles. The van der Waals surface area contributed by atoms with E-state index in [9.17, 15) is 10.1 Å². The number of hydrogen-bond donors (Lipinski definition) is 0. The van der Waals surface area contributed by atoms with E-state index in [1.807, 2.05) is 18.7 Å². The second kappa shape index (κ2) is 4.30. The highest BCUT2D eigenvalue weighted by molar-refractivity contribution is 5.86. The van der Waals surface area contributed by atoms with E-state index < -0.39 is 5.41 Å². The second-order valence-electron chi connectivity index (χ2n) is 5.67. The Kier molecular flexibility index (Phi) is 3.13. The van der Waals surface area contributed by atoms with Gasteiger partial charge in [-0.05, 0) is 32.6 Å². The first-order chi connectivity index (χ1) is 7.97. The van der Waals surface area contributed by atoms with Crippen molar-refractivity contribution in [2.24, 2.45) is 11.3 Å². The molecule has 1 aliphatic carbocycles. The van der Waals surface area contributed by atoms with Crippen LogP contribution in [0.15, 0.2) is 0 Å². The zero-order valence-corrected chi connectivity index (χ0v) is 10.8. The summed E-state index contributed by atoms with van der Waals surface area (Å²) in [6.07, 6.45) is 1.55. The van der Waals surface area contributed by atoms with Crippen molar-refractivity contribution in [3.8, 4) is 6.07 Å². The number of morpholine rings is 1. The van der Waals surface area contributed by atoms with Gasteiger partial charge in [0, 0.05) is 13.1 Å². The van der Waals surface area contributed by atoms with Gasteiger partial charge in [0.2, 0.25) is 5.91 Å². The minimum atomic E-state index is -0.740. The van der Waals surface area contributed by atoms with E-state index in [-0.39, 0.29) is 18.1 Å². The molecule has 0 bridgehead atoms. The van der Waals surface area contributed by atoms with Crippen LogP contribution < -0.4 is 0 Å². The molecule has 4 nitrogen and oxygen atoms in total. The van der Waals surface area contributed by atoms with Gasteiger partial charge in [-0.25, -0.2) is 0 Å². The average molecular weight is 236 g/mol. The van der Waals surface area contributed by atoms with Crippen LogP contribution in [0.2, 0.25) is 0 Å². The highest BCUT2D eigenvalue weighted by atomic mass is 16.5. The number of nitrogens with zero attached hydrogens (tertiary/aromatic N) is 2. The van der Waals surface area contributed by atoms with Gasteiger partial charge in [0.1, 0.15) is 5.41 Å². The summed E-state index contributed by atoms with van der Waals surface area (Å²) >= 11 is 0. The van der Waals surface area contributed by atoms with Crippen molar-refractivity contribution in [2.75, 3.05) is 13.1 Å². The number of hydrogen-bond acceptors (Lipinski definition) is 3. The number of carbonyl (C=O) groups excluding carboxylic acids is 1. The monoisotopic (exact) mass is 236 g/mol. The Bertz CT molecular complexity index is 345. The molecular formula is C13H20N2O2. The molecule has 0 aromatic carbocycles. The maximum absolute atomic E-state index is 12.4. The Hall–Kier alpha value is -1.08. The maximum atomic E-state index is 12.4. The summed E-state index contributed by atoms with van der Waals surface area (Å²) in [5.74, 6) is 0.509. The van der Waals surface area contributed by atoms with Gasteiger partial charge in [-0.1, -0.05) is 6.92 Å². The molecule has 94 valence electrons. The lowest BCUT2D eigenvalue weighted by Gasteiger charge is -2.45. The number of rotatable bonds is 1. The fourth-order valence-electron chi connectivity index (χ4n) is 3.09. The zero-order chi connectivity index (χ0) is 12.6.